The van der Waals surface area contributed by atoms with Crippen LogP contribution in [0.4, 0.5) is 0 Å². The first kappa shape index (κ1) is 16.9. The molecule has 2 heterocycles. The summed E-state index contributed by atoms with van der Waals surface area (Å²) >= 11 is 0. The standard InChI is InChI=1S/C21H24N2O3/c1-2-5-17(6-3-1)15-25-18-7-4-8-19-20(18)21(23-26-19)24-14-11-16-9-12-22-13-10-16/h1-8,16,22H,9-15H2. The molecule has 0 amide bonds. The molecule has 2 aromatic carbocycles. The van der Waals surface area contributed by atoms with Crippen LogP contribution in [0, 0.1) is 5.92 Å². The van der Waals surface area contributed by atoms with E-state index in [1.807, 2.05) is 48.5 Å². The van der Waals surface area contributed by atoms with Gasteiger partial charge in [-0.05, 0) is 61.1 Å². The summed E-state index contributed by atoms with van der Waals surface area (Å²) in [7, 11) is 0. The first-order valence-corrected chi connectivity index (χ1v) is 9.29. The van der Waals surface area contributed by atoms with Crippen molar-refractivity contribution in [3.8, 4) is 11.6 Å². The van der Waals surface area contributed by atoms with E-state index in [0.29, 0.717) is 24.7 Å². The van der Waals surface area contributed by atoms with Gasteiger partial charge in [0.25, 0.3) is 5.88 Å². The van der Waals surface area contributed by atoms with Crippen LogP contribution in [0.3, 0.4) is 0 Å². The molecule has 5 heteroatoms. The van der Waals surface area contributed by atoms with E-state index in [1.165, 1.54) is 12.8 Å². The lowest BCUT2D eigenvalue weighted by atomic mass is 9.95. The number of fused-ring (bicyclic) bond motifs is 1. The van der Waals surface area contributed by atoms with E-state index in [2.05, 4.69) is 10.5 Å². The number of hydrogen-bond donors (Lipinski definition) is 1. The SMILES string of the molecule is c1ccc(COc2cccc3onc(OCCC4CCNCC4)c23)cc1. The van der Waals surface area contributed by atoms with Gasteiger partial charge in [-0.1, -0.05) is 36.4 Å². The van der Waals surface area contributed by atoms with Gasteiger partial charge in [0.05, 0.1) is 6.61 Å². The third-order valence-electron chi connectivity index (χ3n) is 4.89. The van der Waals surface area contributed by atoms with E-state index in [1.54, 1.807) is 0 Å². The molecule has 0 bridgehead atoms. The average Bonchev–Trinajstić information content (AvgIpc) is 3.12. The van der Waals surface area contributed by atoms with Crippen LogP contribution in [-0.4, -0.2) is 24.9 Å². The minimum atomic E-state index is 0.500. The van der Waals surface area contributed by atoms with Crippen LogP contribution >= 0.6 is 0 Å². The Kier molecular flexibility index (Phi) is 5.36. The molecule has 4 rings (SSSR count). The Balaban J connectivity index is 1.43. The number of piperidine rings is 1. The molecule has 3 aromatic rings. The summed E-state index contributed by atoms with van der Waals surface area (Å²) in [6.45, 7) is 3.36. The van der Waals surface area contributed by atoms with Crippen molar-refractivity contribution in [1.29, 1.82) is 0 Å². The van der Waals surface area contributed by atoms with Crippen molar-refractivity contribution in [2.45, 2.75) is 25.9 Å². The Bertz CT molecular complexity index is 826. The maximum absolute atomic E-state index is 6.01. The van der Waals surface area contributed by atoms with Crippen molar-refractivity contribution in [3.05, 3.63) is 54.1 Å². The van der Waals surface area contributed by atoms with Crippen molar-refractivity contribution >= 4 is 11.0 Å². The second-order valence-corrected chi connectivity index (χ2v) is 6.72. The van der Waals surface area contributed by atoms with Gasteiger partial charge in [-0.25, -0.2) is 0 Å². The highest BCUT2D eigenvalue weighted by molar-refractivity contribution is 5.88. The number of benzene rings is 2. The molecule has 26 heavy (non-hydrogen) atoms. The van der Waals surface area contributed by atoms with Crippen LogP contribution < -0.4 is 14.8 Å². The Hall–Kier alpha value is -2.53. The van der Waals surface area contributed by atoms with Crippen LogP contribution in [0.2, 0.25) is 0 Å². The van der Waals surface area contributed by atoms with Gasteiger partial charge in [-0.3, -0.25) is 0 Å². The fourth-order valence-corrected chi connectivity index (χ4v) is 3.38. The summed E-state index contributed by atoms with van der Waals surface area (Å²) in [5.74, 6) is 1.99. The Morgan fingerprint density at radius 3 is 2.69 bits per heavy atom. The summed E-state index contributed by atoms with van der Waals surface area (Å²) in [5.41, 5.74) is 1.81. The molecular formula is C21H24N2O3. The number of rotatable bonds is 7. The second kappa shape index (κ2) is 8.23. The molecule has 1 N–H and O–H groups in total. The minimum absolute atomic E-state index is 0.500. The van der Waals surface area contributed by atoms with Crippen molar-refractivity contribution in [2.75, 3.05) is 19.7 Å². The van der Waals surface area contributed by atoms with Crippen molar-refractivity contribution in [1.82, 2.24) is 10.5 Å². The molecule has 0 spiro atoms. The number of nitrogens with zero attached hydrogens (tertiary/aromatic N) is 1. The van der Waals surface area contributed by atoms with E-state index >= 15 is 0 Å². The smallest absolute Gasteiger partial charge is 0.265 e. The largest absolute Gasteiger partial charge is 0.488 e. The minimum Gasteiger partial charge on any atom is -0.488 e. The molecule has 1 fully saturated rings. The molecule has 0 unspecified atom stereocenters. The number of aromatic nitrogens is 1. The predicted octanol–water partition coefficient (Wildman–Crippen LogP) is 4.18. The third kappa shape index (κ3) is 3.99. The molecule has 136 valence electrons. The zero-order valence-electron chi connectivity index (χ0n) is 14.8. The highest BCUT2D eigenvalue weighted by Gasteiger charge is 2.17. The van der Waals surface area contributed by atoms with E-state index in [4.69, 9.17) is 14.0 Å². The Morgan fingerprint density at radius 1 is 1.00 bits per heavy atom. The van der Waals surface area contributed by atoms with Crippen molar-refractivity contribution < 1.29 is 14.0 Å². The van der Waals surface area contributed by atoms with Gasteiger partial charge in [0.1, 0.15) is 17.7 Å². The third-order valence-corrected chi connectivity index (χ3v) is 4.89. The summed E-state index contributed by atoms with van der Waals surface area (Å²) in [6.07, 6.45) is 3.48. The quantitative estimate of drug-likeness (QED) is 0.691. The number of hydrogen-bond acceptors (Lipinski definition) is 5. The molecule has 1 aliphatic rings. The van der Waals surface area contributed by atoms with Crippen LogP contribution in [0.15, 0.2) is 53.1 Å². The highest BCUT2D eigenvalue weighted by atomic mass is 16.5. The molecule has 0 saturated carbocycles. The fraction of sp³-hybridized carbons (Fsp3) is 0.381. The van der Waals surface area contributed by atoms with Gasteiger partial charge >= 0.3 is 0 Å². The van der Waals surface area contributed by atoms with Crippen LogP contribution in [0.25, 0.3) is 11.0 Å². The zero-order valence-corrected chi connectivity index (χ0v) is 14.8. The highest BCUT2D eigenvalue weighted by Crippen LogP contribution is 2.34. The molecule has 1 saturated heterocycles. The molecule has 5 nitrogen and oxygen atoms in total. The van der Waals surface area contributed by atoms with Gasteiger partial charge in [0, 0.05) is 0 Å². The lowest BCUT2D eigenvalue weighted by molar-refractivity contribution is 0.236. The summed E-state index contributed by atoms with van der Waals surface area (Å²) < 4.78 is 17.4. The molecule has 0 atom stereocenters. The number of nitrogens with one attached hydrogen (secondary N) is 1. The second-order valence-electron chi connectivity index (χ2n) is 6.72. The van der Waals surface area contributed by atoms with Gasteiger partial charge < -0.3 is 19.3 Å². The lowest BCUT2D eigenvalue weighted by Crippen LogP contribution is -2.28. The Morgan fingerprint density at radius 2 is 1.85 bits per heavy atom. The normalized spacial score (nSPS) is 15.2. The van der Waals surface area contributed by atoms with E-state index in [-0.39, 0.29) is 0 Å². The van der Waals surface area contributed by atoms with E-state index in [0.717, 1.165) is 42.1 Å². The summed E-state index contributed by atoms with van der Waals surface area (Å²) in [5, 5.41) is 8.31. The number of ether oxygens (including phenoxy) is 2. The Labute approximate surface area is 153 Å². The predicted molar refractivity (Wildman–Crippen MR) is 100 cm³/mol. The molecule has 0 radical (unpaired) electrons. The summed E-state index contributed by atoms with van der Waals surface area (Å²) in [4.78, 5) is 0. The summed E-state index contributed by atoms with van der Waals surface area (Å²) in [6, 6.07) is 15.8. The van der Waals surface area contributed by atoms with Crippen LogP contribution in [-0.2, 0) is 6.61 Å². The zero-order chi connectivity index (χ0) is 17.6. The molecule has 0 aliphatic carbocycles. The average molecular weight is 352 g/mol. The first-order valence-electron chi connectivity index (χ1n) is 9.29. The first-order chi connectivity index (χ1) is 12.9. The van der Waals surface area contributed by atoms with Gasteiger partial charge in [-0.2, -0.15) is 0 Å². The molecule has 1 aliphatic heterocycles. The molecular weight excluding hydrogens is 328 g/mol. The molecule has 1 aromatic heterocycles. The van der Waals surface area contributed by atoms with Crippen LogP contribution in [0.1, 0.15) is 24.8 Å². The van der Waals surface area contributed by atoms with Gasteiger partial charge in [0.2, 0.25) is 0 Å². The van der Waals surface area contributed by atoms with Gasteiger partial charge in [0.15, 0.2) is 5.58 Å². The van der Waals surface area contributed by atoms with Crippen LogP contribution in [0.5, 0.6) is 11.6 Å². The topological polar surface area (TPSA) is 56.5 Å². The maximum Gasteiger partial charge on any atom is 0.265 e. The van der Waals surface area contributed by atoms with E-state index < -0.39 is 0 Å². The maximum atomic E-state index is 6.01. The lowest BCUT2D eigenvalue weighted by Gasteiger charge is -2.22. The van der Waals surface area contributed by atoms with E-state index in [9.17, 15) is 0 Å². The van der Waals surface area contributed by atoms with Gasteiger partial charge in [-0.15, -0.1) is 0 Å². The fourth-order valence-electron chi connectivity index (χ4n) is 3.38. The van der Waals surface area contributed by atoms with Crippen molar-refractivity contribution in [3.63, 3.8) is 0 Å². The van der Waals surface area contributed by atoms with Crippen molar-refractivity contribution in [2.24, 2.45) is 5.92 Å². The monoisotopic (exact) mass is 352 g/mol.